The maximum atomic E-state index is 13.3. The Kier molecular flexibility index (Phi) is 2.65. The van der Waals surface area contributed by atoms with Crippen molar-refractivity contribution in [1.29, 1.82) is 0 Å². The second-order valence-corrected chi connectivity index (χ2v) is 10.2. The van der Waals surface area contributed by atoms with Gasteiger partial charge >= 0.3 is 0 Å². The fraction of sp³-hybridized carbons (Fsp3) is 0.900. The van der Waals surface area contributed by atoms with Crippen LogP contribution >= 0.6 is 0 Å². The van der Waals surface area contributed by atoms with E-state index < -0.39 is 5.41 Å². The van der Waals surface area contributed by atoms with Gasteiger partial charge < -0.3 is 5.32 Å². The number of ketones is 1. The van der Waals surface area contributed by atoms with Crippen LogP contribution in [0.1, 0.15) is 71.6 Å². The van der Waals surface area contributed by atoms with Crippen molar-refractivity contribution in [2.45, 2.75) is 77.2 Å². The van der Waals surface area contributed by atoms with Crippen LogP contribution in [0.3, 0.4) is 0 Å². The SMILES string of the molecule is CC1(C)C(=O)C2(C(=O)NC34CC5CC(CC(C5)C3)C4)CCC1C2. The molecule has 2 unspecified atom stereocenters. The minimum absolute atomic E-state index is 0.0334. The first-order valence-corrected chi connectivity index (χ1v) is 9.71. The number of nitrogens with one attached hydrogen (secondary N) is 1. The molecule has 0 heterocycles. The molecular formula is C20H29NO2. The first-order valence-electron chi connectivity index (χ1n) is 9.71. The molecule has 6 bridgehead atoms. The molecule has 0 aromatic carbocycles. The van der Waals surface area contributed by atoms with Gasteiger partial charge in [0.1, 0.15) is 5.41 Å². The second-order valence-electron chi connectivity index (χ2n) is 10.2. The lowest BCUT2D eigenvalue weighted by molar-refractivity contribution is -0.148. The molecule has 6 saturated carbocycles. The summed E-state index contributed by atoms with van der Waals surface area (Å²) in [6.07, 6.45) is 10.3. The Hall–Kier alpha value is -0.860. The Balaban J connectivity index is 1.41. The Morgan fingerprint density at radius 2 is 1.57 bits per heavy atom. The zero-order chi connectivity index (χ0) is 16.0. The summed E-state index contributed by atoms with van der Waals surface area (Å²) >= 11 is 0. The summed E-state index contributed by atoms with van der Waals surface area (Å²) in [6, 6.07) is 0. The van der Waals surface area contributed by atoms with E-state index in [9.17, 15) is 9.59 Å². The molecule has 23 heavy (non-hydrogen) atoms. The van der Waals surface area contributed by atoms with Crippen LogP contribution in [0.2, 0.25) is 0 Å². The quantitative estimate of drug-likeness (QED) is 0.793. The van der Waals surface area contributed by atoms with Crippen molar-refractivity contribution in [3.05, 3.63) is 0 Å². The zero-order valence-electron chi connectivity index (χ0n) is 14.5. The van der Waals surface area contributed by atoms with Gasteiger partial charge in [-0.05, 0) is 81.5 Å². The molecule has 0 saturated heterocycles. The van der Waals surface area contributed by atoms with Crippen molar-refractivity contribution in [2.75, 3.05) is 0 Å². The molecule has 3 heteroatoms. The molecule has 0 spiro atoms. The average Bonchev–Trinajstić information content (AvgIpc) is 2.97. The molecule has 6 aliphatic carbocycles. The summed E-state index contributed by atoms with van der Waals surface area (Å²) in [6.45, 7) is 4.11. The maximum absolute atomic E-state index is 13.3. The molecular weight excluding hydrogens is 286 g/mol. The molecule has 1 amide bonds. The first-order chi connectivity index (χ1) is 10.8. The van der Waals surface area contributed by atoms with Gasteiger partial charge in [0.2, 0.25) is 5.91 Å². The summed E-state index contributed by atoms with van der Waals surface area (Å²) in [7, 11) is 0. The van der Waals surface area contributed by atoms with E-state index in [2.05, 4.69) is 19.2 Å². The van der Waals surface area contributed by atoms with E-state index in [1.54, 1.807) is 0 Å². The Labute approximate surface area is 139 Å². The van der Waals surface area contributed by atoms with Crippen molar-refractivity contribution >= 4 is 11.7 Å². The van der Waals surface area contributed by atoms with Crippen LogP contribution < -0.4 is 5.32 Å². The van der Waals surface area contributed by atoms with Gasteiger partial charge in [0.15, 0.2) is 5.78 Å². The van der Waals surface area contributed by atoms with Crippen LogP contribution in [0.25, 0.3) is 0 Å². The van der Waals surface area contributed by atoms with Crippen molar-refractivity contribution < 1.29 is 9.59 Å². The second kappa shape index (κ2) is 4.21. The smallest absolute Gasteiger partial charge is 0.234 e. The molecule has 0 aromatic rings. The van der Waals surface area contributed by atoms with Crippen LogP contribution in [0.15, 0.2) is 0 Å². The van der Waals surface area contributed by atoms with E-state index in [-0.39, 0.29) is 22.6 Å². The number of amides is 1. The summed E-state index contributed by atoms with van der Waals surface area (Å²) in [5.74, 6) is 3.21. The number of carbonyl (C=O) groups is 2. The largest absolute Gasteiger partial charge is 0.350 e. The molecule has 3 nitrogen and oxygen atoms in total. The van der Waals surface area contributed by atoms with Crippen LogP contribution in [0, 0.1) is 34.5 Å². The van der Waals surface area contributed by atoms with Crippen molar-refractivity contribution in [2.24, 2.45) is 34.5 Å². The fourth-order valence-corrected chi connectivity index (χ4v) is 7.60. The molecule has 126 valence electrons. The number of fused-ring (bicyclic) bond motifs is 2. The Bertz CT molecular complexity index is 557. The topological polar surface area (TPSA) is 46.2 Å². The number of carbonyl (C=O) groups excluding carboxylic acids is 2. The van der Waals surface area contributed by atoms with Crippen LogP contribution in [-0.4, -0.2) is 17.2 Å². The van der Waals surface area contributed by atoms with Gasteiger partial charge in [-0.1, -0.05) is 13.8 Å². The third-order valence-electron chi connectivity index (χ3n) is 8.41. The highest BCUT2D eigenvalue weighted by Crippen LogP contribution is 2.61. The normalized spacial score (nSPS) is 52.2. The van der Waals surface area contributed by atoms with Crippen molar-refractivity contribution in [3.63, 3.8) is 0 Å². The molecule has 0 radical (unpaired) electrons. The molecule has 0 aromatic heterocycles. The molecule has 6 aliphatic rings. The number of Topliss-reactive ketones (excluding diaryl/α,β-unsaturated/α-hetero) is 1. The Morgan fingerprint density at radius 3 is 2.04 bits per heavy atom. The molecule has 2 atom stereocenters. The molecule has 6 rings (SSSR count). The third kappa shape index (κ3) is 1.77. The van der Waals surface area contributed by atoms with Gasteiger partial charge in [0.25, 0.3) is 0 Å². The predicted molar refractivity (Wildman–Crippen MR) is 87.6 cm³/mol. The average molecular weight is 315 g/mol. The predicted octanol–water partition coefficient (Wildman–Crippen LogP) is 3.47. The zero-order valence-corrected chi connectivity index (χ0v) is 14.5. The summed E-state index contributed by atoms with van der Waals surface area (Å²) in [5, 5.41) is 3.49. The molecule has 6 fully saturated rings. The fourth-order valence-electron chi connectivity index (χ4n) is 7.60. The minimum atomic E-state index is -0.683. The van der Waals surface area contributed by atoms with E-state index in [0.717, 1.165) is 37.0 Å². The maximum Gasteiger partial charge on any atom is 0.234 e. The lowest BCUT2D eigenvalue weighted by Gasteiger charge is -2.57. The summed E-state index contributed by atoms with van der Waals surface area (Å²) < 4.78 is 0. The number of hydrogen-bond donors (Lipinski definition) is 1. The minimum Gasteiger partial charge on any atom is -0.350 e. The molecule has 0 aliphatic heterocycles. The molecule has 1 N–H and O–H groups in total. The summed E-state index contributed by atoms with van der Waals surface area (Å²) in [5.41, 5.74) is -0.944. The highest BCUT2D eigenvalue weighted by molar-refractivity contribution is 6.11. The van der Waals surface area contributed by atoms with Gasteiger partial charge in [-0.2, -0.15) is 0 Å². The number of hydrogen-bond acceptors (Lipinski definition) is 2. The van der Waals surface area contributed by atoms with Crippen molar-refractivity contribution in [1.82, 2.24) is 5.32 Å². The van der Waals surface area contributed by atoms with Gasteiger partial charge in [0.05, 0.1) is 0 Å². The van der Waals surface area contributed by atoms with Gasteiger partial charge in [0, 0.05) is 11.0 Å². The van der Waals surface area contributed by atoms with E-state index in [4.69, 9.17) is 0 Å². The number of rotatable bonds is 2. The van der Waals surface area contributed by atoms with Gasteiger partial charge in [-0.3, -0.25) is 9.59 Å². The van der Waals surface area contributed by atoms with E-state index in [0.29, 0.717) is 5.92 Å². The van der Waals surface area contributed by atoms with Crippen LogP contribution in [-0.2, 0) is 9.59 Å². The first kappa shape index (κ1) is 14.5. The van der Waals surface area contributed by atoms with E-state index in [1.807, 2.05) is 0 Å². The lowest BCUT2D eigenvalue weighted by Crippen LogP contribution is -2.62. The highest BCUT2D eigenvalue weighted by atomic mass is 16.2. The Morgan fingerprint density at radius 1 is 1.00 bits per heavy atom. The van der Waals surface area contributed by atoms with Gasteiger partial charge in [-0.25, -0.2) is 0 Å². The summed E-state index contributed by atoms with van der Waals surface area (Å²) in [4.78, 5) is 26.3. The van der Waals surface area contributed by atoms with Gasteiger partial charge in [-0.15, -0.1) is 0 Å². The third-order valence-corrected chi connectivity index (χ3v) is 8.41. The lowest BCUT2D eigenvalue weighted by atomic mass is 9.53. The standard InChI is InChI=1S/C20H29NO2/c1-18(2)15-3-4-20(11-15,16(18)22)17(23)21-19-8-12-5-13(9-19)7-14(6-12)10-19/h12-15H,3-11H2,1-2H3,(H,21,23). The van der Waals surface area contributed by atoms with Crippen LogP contribution in [0.5, 0.6) is 0 Å². The van der Waals surface area contributed by atoms with E-state index in [1.165, 1.54) is 38.5 Å². The van der Waals surface area contributed by atoms with E-state index >= 15 is 0 Å². The van der Waals surface area contributed by atoms with Crippen LogP contribution in [0.4, 0.5) is 0 Å². The monoisotopic (exact) mass is 315 g/mol. The highest BCUT2D eigenvalue weighted by Gasteiger charge is 2.66. The van der Waals surface area contributed by atoms with Crippen molar-refractivity contribution in [3.8, 4) is 0 Å².